The van der Waals surface area contributed by atoms with E-state index < -0.39 is 0 Å². The van der Waals surface area contributed by atoms with Crippen LogP contribution in [0.3, 0.4) is 0 Å². The highest BCUT2D eigenvalue weighted by Gasteiger charge is 2.17. The van der Waals surface area contributed by atoms with Gasteiger partial charge in [0.15, 0.2) is 0 Å². The summed E-state index contributed by atoms with van der Waals surface area (Å²) < 4.78 is 7.85. The molecule has 0 saturated heterocycles. The third-order valence-electron chi connectivity index (χ3n) is 4.06. The van der Waals surface area contributed by atoms with Crippen molar-refractivity contribution in [3.05, 3.63) is 66.7 Å². The van der Waals surface area contributed by atoms with E-state index in [9.17, 15) is 0 Å². The molecule has 1 N–H and O–H groups in total. The number of hydrogen-bond acceptors (Lipinski definition) is 5. The summed E-state index contributed by atoms with van der Waals surface area (Å²) in [6.45, 7) is 4.14. The van der Waals surface area contributed by atoms with E-state index in [4.69, 9.17) is 4.42 Å². The molecule has 120 valence electrons. The number of imidazole rings is 1. The number of aromatic nitrogens is 4. The lowest BCUT2D eigenvalue weighted by Crippen LogP contribution is -2.09. The highest BCUT2D eigenvalue weighted by atomic mass is 16.3. The van der Waals surface area contributed by atoms with Gasteiger partial charge in [0.05, 0.1) is 6.04 Å². The first-order chi connectivity index (χ1) is 11.7. The van der Waals surface area contributed by atoms with Crippen LogP contribution in [0.4, 0.5) is 5.82 Å². The molecule has 6 heteroatoms. The number of aryl methyl sites for hydroxylation is 1. The molecule has 3 aromatic heterocycles. The van der Waals surface area contributed by atoms with Crippen molar-refractivity contribution in [3.63, 3.8) is 0 Å². The summed E-state index contributed by atoms with van der Waals surface area (Å²) in [6, 6.07) is 9.94. The van der Waals surface area contributed by atoms with Gasteiger partial charge in [0, 0.05) is 29.4 Å². The number of fused-ring (bicyclic) bond motifs is 1. The van der Waals surface area contributed by atoms with E-state index in [1.165, 1.54) is 6.33 Å². The Balaban J connectivity index is 1.63. The number of nitrogens with one attached hydrogen (secondary N) is 1. The summed E-state index contributed by atoms with van der Waals surface area (Å²) in [5.74, 6) is 2.42. The minimum atomic E-state index is -0.0112. The second-order valence-electron chi connectivity index (χ2n) is 5.68. The number of furan rings is 1. The molecule has 4 aromatic rings. The molecule has 6 nitrogen and oxygen atoms in total. The first-order valence-corrected chi connectivity index (χ1v) is 7.77. The molecule has 3 heterocycles. The fraction of sp³-hybridized carbons (Fsp3) is 0.167. The molecule has 0 aliphatic rings. The quantitative estimate of drug-likeness (QED) is 0.618. The van der Waals surface area contributed by atoms with Crippen molar-refractivity contribution in [2.75, 3.05) is 5.32 Å². The summed E-state index contributed by atoms with van der Waals surface area (Å²) in [7, 11) is 0. The molecular weight excluding hydrogens is 302 g/mol. The van der Waals surface area contributed by atoms with Gasteiger partial charge in [-0.15, -0.1) is 0 Å². The van der Waals surface area contributed by atoms with Crippen molar-refractivity contribution in [1.82, 2.24) is 19.5 Å². The van der Waals surface area contributed by atoms with Crippen LogP contribution >= 0.6 is 0 Å². The van der Waals surface area contributed by atoms with Gasteiger partial charge in [-0.1, -0.05) is 18.2 Å². The van der Waals surface area contributed by atoms with Crippen LogP contribution < -0.4 is 5.32 Å². The molecular formula is C18H17N5O. The second-order valence-corrected chi connectivity index (χ2v) is 5.68. The van der Waals surface area contributed by atoms with Crippen molar-refractivity contribution >= 4 is 16.8 Å². The lowest BCUT2D eigenvalue weighted by Gasteiger charge is -2.13. The minimum absolute atomic E-state index is 0.0112. The number of hydrogen-bond donors (Lipinski definition) is 1. The Hall–Kier alpha value is -3.15. The van der Waals surface area contributed by atoms with Gasteiger partial charge < -0.3 is 9.73 Å². The average Bonchev–Trinajstić information content (AvgIpc) is 3.24. The SMILES string of the molecule is Cc1c([C@H](C)Nc2cc(-n3ccnc3)ncn2)oc2ccccc12. The Morgan fingerprint density at radius 1 is 1.21 bits per heavy atom. The number of rotatable bonds is 4. The zero-order valence-corrected chi connectivity index (χ0v) is 13.5. The summed E-state index contributed by atoms with van der Waals surface area (Å²) in [5, 5.41) is 4.53. The van der Waals surface area contributed by atoms with Crippen LogP contribution in [0.1, 0.15) is 24.3 Å². The molecule has 0 fully saturated rings. The Morgan fingerprint density at radius 2 is 2.08 bits per heavy atom. The van der Waals surface area contributed by atoms with Crippen LogP contribution in [0.25, 0.3) is 16.8 Å². The number of anilines is 1. The third-order valence-corrected chi connectivity index (χ3v) is 4.06. The second kappa shape index (κ2) is 5.81. The fourth-order valence-corrected chi connectivity index (χ4v) is 2.86. The van der Waals surface area contributed by atoms with Crippen LogP contribution in [0.15, 0.2) is 59.8 Å². The van der Waals surface area contributed by atoms with Crippen LogP contribution in [-0.2, 0) is 0 Å². The van der Waals surface area contributed by atoms with Gasteiger partial charge >= 0.3 is 0 Å². The molecule has 0 bridgehead atoms. The number of para-hydroxylation sites is 1. The van der Waals surface area contributed by atoms with Gasteiger partial charge in [-0.25, -0.2) is 15.0 Å². The van der Waals surface area contributed by atoms with E-state index in [-0.39, 0.29) is 6.04 Å². The molecule has 24 heavy (non-hydrogen) atoms. The average molecular weight is 319 g/mol. The molecule has 0 radical (unpaired) electrons. The molecule has 0 aliphatic heterocycles. The Morgan fingerprint density at radius 3 is 2.88 bits per heavy atom. The van der Waals surface area contributed by atoms with Crippen LogP contribution in [0, 0.1) is 6.92 Å². The molecule has 1 atom stereocenters. The first-order valence-electron chi connectivity index (χ1n) is 7.77. The summed E-state index contributed by atoms with van der Waals surface area (Å²) in [4.78, 5) is 12.6. The van der Waals surface area contributed by atoms with Gasteiger partial charge in [0.2, 0.25) is 0 Å². The maximum atomic E-state index is 6.01. The maximum Gasteiger partial charge on any atom is 0.143 e. The topological polar surface area (TPSA) is 68.8 Å². The van der Waals surface area contributed by atoms with E-state index in [0.29, 0.717) is 0 Å². The molecule has 0 aliphatic carbocycles. The Bertz CT molecular complexity index is 974. The zero-order valence-electron chi connectivity index (χ0n) is 13.5. The smallest absolute Gasteiger partial charge is 0.143 e. The monoisotopic (exact) mass is 319 g/mol. The minimum Gasteiger partial charge on any atom is -0.459 e. The normalized spacial score (nSPS) is 12.4. The van der Waals surface area contributed by atoms with Gasteiger partial charge in [0.25, 0.3) is 0 Å². The van der Waals surface area contributed by atoms with Crippen molar-refractivity contribution in [1.29, 1.82) is 0 Å². The van der Waals surface area contributed by atoms with Gasteiger partial charge in [0.1, 0.15) is 35.6 Å². The van der Waals surface area contributed by atoms with Crippen LogP contribution in [0.5, 0.6) is 0 Å². The largest absolute Gasteiger partial charge is 0.459 e. The zero-order chi connectivity index (χ0) is 16.5. The van der Waals surface area contributed by atoms with Crippen molar-refractivity contribution in [3.8, 4) is 5.82 Å². The van der Waals surface area contributed by atoms with Crippen molar-refractivity contribution < 1.29 is 4.42 Å². The van der Waals surface area contributed by atoms with E-state index in [1.807, 2.05) is 35.0 Å². The lowest BCUT2D eigenvalue weighted by molar-refractivity contribution is 0.521. The summed E-state index contributed by atoms with van der Waals surface area (Å²) in [5.41, 5.74) is 2.05. The molecule has 0 saturated carbocycles. The molecule has 0 amide bonds. The van der Waals surface area contributed by atoms with Crippen molar-refractivity contribution in [2.45, 2.75) is 19.9 Å². The standard InChI is InChI=1S/C18H17N5O/c1-12-14-5-3-4-6-15(14)24-18(12)13(2)22-16-9-17(21-10-20-16)23-8-7-19-11-23/h3-11,13H,1-2H3,(H,20,21,22)/t13-/m0/s1. The first kappa shape index (κ1) is 14.4. The van der Waals surface area contributed by atoms with Gasteiger partial charge in [-0.3, -0.25) is 4.57 Å². The van der Waals surface area contributed by atoms with E-state index >= 15 is 0 Å². The lowest BCUT2D eigenvalue weighted by atomic mass is 10.1. The molecule has 0 spiro atoms. The molecule has 4 rings (SSSR count). The summed E-state index contributed by atoms with van der Waals surface area (Å²) >= 11 is 0. The van der Waals surface area contributed by atoms with Gasteiger partial charge in [-0.05, 0) is 19.9 Å². The maximum absolute atomic E-state index is 6.01. The molecule has 1 aromatic carbocycles. The Kier molecular flexibility index (Phi) is 3.49. The summed E-state index contributed by atoms with van der Waals surface area (Å²) in [6.07, 6.45) is 6.81. The van der Waals surface area contributed by atoms with E-state index in [2.05, 4.69) is 40.2 Å². The highest BCUT2D eigenvalue weighted by Crippen LogP contribution is 2.30. The van der Waals surface area contributed by atoms with Crippen LogP contribution in [0.2, 0.25) is 0 Å². The third kappa shape index (κ3) is 2.52. The highest BCUT2D eigenvalue weighted by molar-refractivity contribution is 5.82. The predicted octanol–water partition coefficient (Wildman–Crippen LogP) is 3.89. The van der Waals surface area contributed by atoms with Crippen molar-refractivity contribution in [2.24, 2.45) is 0 Å². The van der Waals surface area contributed by atoms with Gasteiger partial charge in [-0.2, -0.15) is 0 Å². The fourth-order valence-electron chi connectivity index (χ4n) is 2.86. The number of nitrogens with zero attached hydrogens (tertiary/aromatic N) is 4. The Labute approximate surface area is 139 Å². The number of benzene rings is 1. The molecule has 0 unspecified atom stereocenters. The predicted molar refractivity (Wildman–Crippen MR) is 92.1 cm³/mol. The van der Waals surface area contributed by atoms with E-state index in [0.717, 1.165) is 33.9 Å². The van der Waals surface area contributed by atoms with E-state index in [1.54, 1.807) is 12.5 Å². The van der Waals surface area contributed by atoms with Crippen LogP contribution in [-0.4, -0.2) is 19.5 Å².